The lowest BCUT2D eigenvalue weighted by Gasteiger charge is -1.99. The SMILES string of the molecule is Fc1ccccc1C1=[C]CC=C1. The van der Waals surface area contributed by atoms with Gasteiger partial charge in [0.25, 0.3) is 0 Å². The van der Waals surface area contributed by atoms with Crippen molar-refractivity contribution in [2.75, 3.05) is 0 Å². The predicted molar refractivity (Wildman–Crippen MR) is 46.8 cm³/mol. The van der Waals surface area contributed by atoms with Crippen LogP contribution in [0.1, 0.15) is 12.0 Å². The minimum Gasteiger partial charge on any atom is -0.206 e. The Morgan fingerprint density at radius 2 is 2.08 bits per heavy atom. The molecule has 1 aliphatic rings. The van der Waals surface area contributed by atoms with E-state index in [0.717, 1.165) is 12.0 Å². The van der Waals surface area contributed by atoms with Crippen LogP contribution in [0, 0.1) is 11.9 Å². The Morgan fingerprint density at radius 1 is 1.25 bits per heavy atom. The molecular formula is C11H8F. The lowest BCUT2D eigenvalue weighted by atomic mass is 10.1. The molecule has 12 heavy (non-hydrogen) atoms. The van der Waals surface area contributed by atoms with Gasteiger partial charge in [-0.3, -0.25) is 0 Å². The summed E-state index contributed by atoms with van der Waals surface area (Å²) in [6.45, 7) is 0. The first-order valence-corrected chi connectivity index (χ1v) is 3.90. The number of rotatable bonds is 1. The molecule has 0 nitrogen and oxygen atoms in total. The van der Waals surface area contributed by atoms with Crippen LogP contribution in [-0.4, -0.2) is 0 Å². The number of hydrogen-bond acceptors (Lipinski definition) is 0. The molecule has 0 amide bonds. The Hall–Kier alpha value is -1.37. The summed E-state index contributed by atoms with van der Waals surface area (Å²) in [6.07, 6.45) is 7.75. The summed E-state index contributed by atoms with van der Waals surface area (Å²) in [7, 11) is 0. The molecule has 0 fully saturated rings. The van der Waals surface area contributed by atoms with Crippen LogP contribution in [0.3, 0.4) is 0 Å². The highest BCUT2D eigenvalue weighted by Crippen LogP contribution is 2.22. The molecule has 59 valence electrons. The highest BCUT2D eigenvalue weighted by Gasteiger charge is 2.05. The lowest BCUT2D eigenvalue weighted by molar-refractivity contribution is 0.624. The third kappa shape index (κ3) is 1.18. The van der Waals surface area contributed by atoms with Crippen molar-refractivity contribution in [2.24, 2.45) is 0 Å². The zero-order valence-electron chi connectivity index (χ0n) is 6.55. The zero-order chi connectivity index (χ0) is 8.39. The molecule has 0 spiro atoms. The Morgan fingerprint density at radius 3 is 2.75 bits per heavy atom. The number of allylic oxidation sites excluding steroid dienone is 4. The van der Waals surface area contributed by atoms with Gasteiger partial charge in [0.05, 0.1) is 0 Å². The summed E-state index contributed by atoms with van der Waals surface area (Å²) in [5.41, 5.74) is 1.51. The van der Waals surface area contributed by atoms with Gasteiger partial charge in [-0.05, 0) is 24.1 Å². The molecule has 0 saturated heterocycles. The van der Waals surface area contributed by atoms with Gasteiger partial charge in [-0.15, -0.1) is 0 Å². The maximum absolute atomic E-state index is 13.1. The van der Waals surface area contributed by atoms with E-state index in [4.69, 9.17) is 0 Å². The molecule has 1 radical (unpaired) electrons. The monoisotopic (exact) mass is 159 g/mol. The molecule has 0 aliphatic heterocycles. The first kappa shape index (κ1) is 7.29. The predicted octanol–water partition coefficient (Wildman–Crippen LogP) is 2.97. The molecule has 0 N–H and O–H groups in total. The van der Waals surface area contributed by atoms with Crippen LogP contribution < -0.4 is 0 Å². The quantitative estimate of drug-likeness (QED) is 0.591. The van der Waals surface area contributed by atoms with Gasteiger partial charge < -0.3 is 0 Å². The third-order valence-electron chi connectivity index (χ3n) is 1.86. The van der Waals surface area contributed by atoms with Gasteiger partial charge in [0.15, 0.2) is 0 Å². The fraction of sp³-hybridized carbons (Fsp3) is 0.0909. The Balaban J connectivity index is 2.46. The van der Waals surface area contributed by atoms with Crippen LogP contribution in [0.25, 0.3) is 5.57 Å². The van der Waals surface area contributed by atoms with Gasteiger partial charge in [0, 0.05) is 5.56 Å². The molecular weight excluding hydrogens is 151 g/mol. The number of halogens is 1. The molecule has 0 atom stereocenters. The van der Waals surface area contributed by atoms with E-state index >= 15 is 0 Å². The van der Waals surface area contributed by atoms with E-state index in [9.17, 15) is 4.39 Å². The first-order chi connectivity index (χ1) is 5.88. The van der Waals surface area contributed by atoms with Crippen molar-refractivity contribution in [3.8, 4) is 0 Å². The van der Waals surface area contributed by atoms with Gasteiger partial charge in [0.1, 0.15) is 5.82 Å². The largest absolute Gasteiger partial charge is 0.206 e. The minimum absolute atomic E-state index is 0.174. The van der Waals surface area contributed by atoms with Crippen LogP contribution in [0.4, 0.5) is 4.39 Å². The van der Waals surface area contributed by atoms with Crippen LogP contribution in [0.15, 0.2) is 36.4 Å². The molecule has 0 heterocycles. The number of benzene rings is 1. The maximum atomic E-state index is 13.1. The molecule has 1 aromatic rings. The summed E-state index contributed by atoms with van der Waals surface area (Å²) < 4.78 is 13.1. The van der Waals surface area contributed by atoms with Gasteiger partial charge in [-0.2, -0.15) is 0 Å². The van der Waals surface area contributed by atoms with Crippen molar-refractivity contribution in [3.05, 3.63) is 53.9 Å². The molecule has 0 bridgehead atoms. The first-order valence-electron chi connectivity index (χ1n) is 3.90. The number of hydrogen-bond donors (Lipinski definition) is 0. The van der Waals surface area contributed by atoms with Crippen molar-refractivity contribution >= 4 is 5.57 Å². The summed E-state index contributed by atoms with van der Waals surface area (Å²) in [5.74, 6) is -0.174. The molecule has 1 aromatic carbocycles. The van der Waals surface area contributed by atoms with Crippen LogP contribution >= 0.6 is 0 Å². The molecule has 0 saturated carbocycles. The van der Waals surface area contributed by atoms with Crippen molar-refractivity contribution in [3.63, 3.8) is 0 Å². The summed E-state index contributed by atoms with van der Waals surface area (Å²) in [4.78, 5) is 0. The van der Waals surface area contributed by atoms with Crippen molar-refractivity contribution < 1.29 is 4.39 Å². The van der Waals surface area contributed by atoms with E-state index in [0.29, 0.717) is 5.56 Å². The van der Waals surface area contributed by atoms with E-state index < -0.39 is 0 Å². The fourth-order valence-corrected chi connectivity index (χ4v) is 1.27. The average Bonchev–Trinajstić information content (AvgIpc) is 2.57. The second kappa shape index (κ2) is 2.94. The van der Waals surface area contributed by atoms with E-state index in [1.54, 1.807) is 12.1 Å². The Kier molecular flexibility index (Phi) is 1.78. The van der Waals surface area contributed by atoms with Gasteiger partial charge in [-0.1, -0.05) is 30.4 Å². The average molecular weight is 159 g/mol. The van der Waals surface area contributed by atoms with Crippen molar-refractivity contribution in [1.29, 1.82) is 0 Å². The van der Waals surface area contributed by atoms with Crippen LogP contribution in [0.2, 0.25) is 0 Å². The van der Waals surface area contributed by atoms with E-state index in [-0.39, 0.29) is 5.82 Å². The van der Waals surface area contributed by atoms with E-state index in [2.05, 4.69) is 6.08 Å². The maximum Gasteiger partial charge on any atom is 0.131 e. The molecule has 1 aliphatic carbocycles. The Labute approximate surface area is 71.0 Å². The summed E-state index contributed by atoms with van der Waals surface area (Å²) in [5, 5.41) is 0. The smallest absolute Gasteiger partial charge is 0.131 e. The standard InChI is InChI=1S/C11H8F/c12-11-8-4-3-7-10(11)9-5-1-2-6-9/h1,3-5,7-8H,2H2. The fourth-order valence-electron chi connectivity index (χ4n) is 1.27. The van der Waals surface area contributed by atoms with Crippen molar-refractivity contribution in [1.82, 2.24) is 0 Å². The van der Waals surface area contributed by atoms with Gasteiger partial charge in [-0.25, -0.2) is 4.39 Å². The normalized spacial score (nSPS) is 14.9. The van der Waals surface area contributed by atoms with Crippen LogP contribution in [0.5, 0.6) is 0 Å². The second-order valence-electron chi connectivity index (χ2n) is 2.68. The highest BCUT2D eigenvalue weighted by molar-refractivity contribution is 5.74. The Bertz CT molecular complexity index is 348. The van der Waals surface area contributed by atoms with Gasteiger partial charge >= 0.3 is 0 Å². The lowest BCUT2D eigenvalue weighted by Crippen LogP contribution is -1.84. The van der Waals surface area contributed by atoms with Gasteiger partial charge in [0.2, 0.25) is 0 Å². The molecule has 0 aromatic heterocycles. The topological polar surface area (TPSA) is 0 Å². The van der Waals surface area contributed by atoms with E-state index in [1.807, 2.05) is 18.2 Å². The van der Waals surface area contributed by atoms with Crippen molar-refractivity contribution in [2.45, 2.75) is 6.42 Å². The second-order valence-corrected chi connectivity index (χ2v) is 2.68. The van der Waals surface area contributed by atoms with Crippen LogP contribution in [-0.2, 0) is 0 Å². The third-order valence-corrected chi connectivity index (χ3v) is 1.86. The summed E-state index contributed by atoms with van der Waals surface area (Å²) >= 11 is 0. The molecule has 0 unspecified atom stereocenters. The molecule has 2 rings (SSSR count). The zero-order valence-corrected chi connectivity index (χ0v) is 6.55. The summed E-state index contributed by atoms with van der Waals surface area (Å²) in [6, 6.07) is 6.76. The molecule has 1 heteroatoms. The van der Waals surface area contributed by atoms with E-state index in [1.165, 1.54) is 6.07 Å². The highest BCUT2D eigenvalue weighted by atomic mass is 19.1. The minimum atomic E-state index is -0.174.